The van der Waals surface area contributed by atoms with Gasteiger partial charge in [-0.25, -0.2) is 22.0 Å². The highest BCUT2D eigenvalue weighted by Crippen LogP contribution is 2.29. The van der Waals surface area contributed by atoms with E-state index in [0.717, 1.165) is 0 Å². The number of hydrogen-bond acceptors (Lipinski definition) is 4. The first-order valence-electron chi connectivity index (χ1n) is 9.58. The molecular formula is C24H15F5O4. The molecule has 0 aliphatic carbocycles. The standard InChI is InChI=1S/C24H15F5O4/c1-11-18(12-3-5-13(31-2)6-4-12)24(30)15-8-7-14(9-17(15)33-11)32-10-16-19(25)21(27)23(29)22(28)20(16)26/h3-9H,10H2,1-2H3. The molecule has 9 heteroatoms. The summed E-state index contributed by atoms with van der Waals surface area (Å²) in [5, 5.41) is 0.218. The van der Waals surface area contributed by atoms with Crippen LogP contribution in [0.4, 0.5) is 22.0 Å². The van der Waals surface area contributed by atoms with Gasteiger partial charge in [0.05, 0.1) is 23.6 Å². The van der Waals surface area contributed by atoms with Gasteiger partial charge in [-0.2, -0.15) is 0 Å². The average molecular weight is 462 g/mol. The van der Waals surface area contributed by atoms with Crippen LogP contribution in [0.3, 0.4) is 0 Å². The second-order valence-electron chi connectivity index (χ2n) is 7.09. The molecule has 0 aliphatic rings. The summed E-state index contributed by atoms with van der Waals surface area (Å²) in [6, 6.07) is 10.9. The summed E-state index contributed by atoms with van der Waals surface area (Å²) in [5.41, 5.74) is -0.329. The lowest BCUT2D eigenvalue weighted by atomic mass is 10.0. The van der Waals surface area contributed by atoms with E-state index in [0.29, 0.717) is 22.6 Å². The normalized spacial score (nSPS) is 11.1. The van der Waals surface area contributed by atoms with Crippen LogP contribution >= 0.6 is 0 Å². The van der Waals surface area contributed by atoms with Crippen molar-refractivity contribution in [2.75, 3.05) is 7.11 Å². The van der Waals surface area contributed by atoms with Crippen LogP contribution in [-0.2, 0) is 6.61 Å². The van der Waals surface area contributed by atoms with E-state index >= 15 is 0 Å². The smallest absolute Gasteiger partial charge is 0.200 e. The first-order valence-corrected chi connectivity index (χ1v) is 9.58. The Morgan fingerprint density at radius 1 is 0.818 bits per heavy atom. The predicted molar refractivity (Wildman–Crippen MR) is 110 cm³/mol. The Balaban J connectivity index is 1.68. The van der Waals surface area contributed by atoms with Crippen molar-refractivity contribution in [3.05, 3.63) is 93.1 Å². The van der Waals surface area contributed by atoms with Crippen LogP contribution in [0.5, 0.6) is 11.5 Å². The van der Waals surface area contributed by atoms with E-state index in [1.54, 1.807) is 31.2 Å². The molecule has 4 aromatic rings. The molecule has 0 saturated heterocycles. The lowest BCUT2D eigenvalue weighted by Crippen LogP contribution is -2.10. The largest absolute Gasteiger partial charge is 0.497 e. The second-order valence-corrected chi connectivity index (χ2v) is 7.09. The molecule has 0 fully saturated rings. The van der Waals surface area contributed by atoms with E-state index in [-0.39, 0.29) is 22.1 Å². The molecule has 4 nitrogen and oxygen atoms in total. The van der Waals surface area contributed by atoms with E-state index < -0.39 is 41.3 Å². The molecule has 0 spiro atoms. The quantitative estimate of drug-likeness (QED) is 0.206. The number of rotatable bonds is 5. The van der Waals surface area contributed by atoms with E-state index in [4.69, 9.17) is 13.9 Å². The van der Waals surface area contributed by atoms with Crippen molar-refractivity contribution in [1.82, 2.24) is 0 Å². The van der Waals surface area contributed by atoms with E-state index in [9.17, 15) is 26.7 Å². The summed E-state index contributed by atoms with van der Waals surface area (Å²) < 4.78 is 83.7. The van der Waals surface area contributed by atoms with Gasteiger partial charge in [-0.3, -0.25) is 4.79 Å². The molecule has 33 heavy (non-hydrogen) atoms. The van der Waals surface area contributed by atoms with Crippen molar-refractivity contribution in [3.63, 3.8) is 0 Å². The zero-order valence-electron chi connectivity index (χ0n) is 17.3. The number of ether oxygens (including phenoxy) is 2. The number of fused-ring (bicyclic) bond motifs is 1. The number of benzene rings is 3. The van der Waals surface area contributed by atoms with Crippen molar-refractivity contribution in [1.29, 1.82) is 0 Å². The van der Waals surface area contributed by atoms with Crippen molar-refractivity contribution in [2.24, 2.45) is 0 Å². The maximum absolute atomic E-state index is 13.8. The fraction of sp³-hybridized carbons (Fsp3) is 0.125. The molecule has 0 amide bonds. The van der Waals surface area contributed by atoms with Crippen LogP contribution in [0.1, 0.15) is 11.3 Å². The van der Waals surface area contributed by atoms with Gasteiger partial charge in [-0.15, -0.1) is 0 Å². The third kappa shape index (κ3) is 3.90. The maximum atomic E-state index is 13.8. The van der Waals surface area contributed by atoms with Crippen LogP contribution in [0.15, 0.2) is 51.7 Å². The Kier molecular flexibility index (Phi) is 5.80. The van der Waals surface area contributed by atoms with Gasteiger partial charge in [-0.1, -0.05) is 12.1 Å². The van der Waals surface area contributed by atoms with Gasteiger partial charge in [0.1, 0.15) is 29.4 Å². The van der Waals surface area contributed by atoms with E-state index in [1.165, 1.54) is 25.3 Å². The molecule has 0 unspecified atom stereocenters. The number of aryl methyl sites for hydroxylation is 1. The van der Waals surface area contributed by atoms with Crippen molar-refractivity contribution < 1.29 is 35.8 Å². The minimum atomic E-state index is -2.25. The number of halogens is 5. The van der Waals surface area contributed by atoms with Crippen LogP contribution in [0.2, 0.25) is 0 Å². The van der Waals surface area contributed by atoms with Crippen molar-refractivity contribution in [2.45, 2.75) is 13.5 Å². The molecule has 170 valence electrons. The molecular weight excluding hydrogens is 447 g/mol. The van der Waals surface area contributed by atoms with Gasteiger partial charge in [0.15, 0.2) is 23.3 Å². The summed E-state index contributed by atoms with van der Waals surface area (Å²) in [4.78, 5) is 13.0. The summed E-state index contributed by atoms with van der Waals surface area (Å²) in [5.74, 6) is -9.36. The molecule has 0 bridgehead atoms. The highest BCUT2D eigenvalue weighted by molar-refractivity contribution is 5.83. The van der Waals surface area contributed by atoms with E-state index in [2.05, 4.69) is 0 Å². The fourth-order valence-corrected chi connectivity index (χ4v) is 3.40. The molecule has 1 heterocycles. The lowest BCUT2D eigenvalue weighted by Gasteiger charge is -2.11. The Morgan fingerprint density at radius 2 is 1.39 bits per heavy atom. The number of methoxy groups -OCH3 is 1. The summed E-state index contributed by atoms with van der Waals surface area (Å²) in [6.45, 7) is 0.674. The maximum Gasteiger partial charge on any atom is 0.200 e. The van der Waals surface area contributed by atoms with Crippen LogP contribution in [-0.4, -0.2) is 7.11 Å². The van der Waals surface area contributed by atoms with Crippen LogP contribution in [0.25, 0.3) is 22.1 Å². The van der Waals surface area contributed by atoms with Crippen LogP contribution < -0.4 is 14.9 Å². The number of hydrogen-bond donors (Lipinski definition) is 0. The average Bonchev–Trinajstić information content (AvgIpc) is 2.81. The molecule has 4 rings (SSSR count). The van der Waals surface area contributed by atoms with Crippen LogP contribution in [0, 0.1) is 36.0 Å². The molecule has 0 aliphatic heterocycles. The Hall–Kier alpha value is -3.88. The highest BCUT2D eigenvalue weighted by atomic mass is 19.2. The fourth-order valence-electron chi connectivity index (χ4n) is 3.40. The molecule has 0 radical (unpaired) electrons. The molecule has 1 aromatic heterocycles. The predicted octanol–water partition coefficient (Wildman–Crippen LogP) is 6.05. The van der Waals surface area contributed by atoms with Gasteiger partial charge >= 0.3 is 0 Å². The Labute approximate surface area is 183 Å². The highest BCUT2D eigenvalue weighted by Gasteiger charge is 2.26. The first kappa shape index (κ1) is 22.3. The molecule has 3 aromatic carbocycles. The zero-order chi connectivity index (χ0) is 23.9. The molecule has 0 N–H and O–H groups in total. The summed E-state index contributed by atoms with van der Waals surface area (Å²) in [6.07, 6.45) is 0. The van der Waals surface area contributed by atoms with Gasteiger partial charge < -0.3 is 13.9 Å². The van der Waals surface area contributed by atoms with Crippen molar-refractivity contribution >= 4 is 11.0 Å². The Morgan fingerprint density at radius 3 is 2.00 bits per heavy atom. The topological polar surface area (TPSA) is 48.7 Å². The third-order valence-corrected chi connectivity index (χ3v) is 5.10. The SMILES string of the molecule is COc1ccc(-c2c(C)oc3cc(OCc4c(F)c(F)c(F)c(F)c4F)ccc3c2=O)cc1. The van der Waals surface area contributed by atoms with Gasteiger partial charge in [-0.05, 0) is 36.8 Å². The summed E-state index contributed by atoms with van der Waals surface area (Å²) in [7, 11) is 1.52. The minimum Gasteiger partial charge on any atom is -0.497 e. The lowest BCUT2D eigenvalue weighted by molar-refractivity contribution is 0.279. The zero-order valence-corrected chi connectivity index (χ0v) is 17.3. The first-order chi connectivity index (χ1) is 15.7. The Bertz CT molecular complexity index is 1400. The van der Waals surface area contributed by atoms with Gasteiger partial charge in [0.2, 0.25) is 11.2 Å². The minimum absolute atomic E-state index is 0.00573. The monoisotopic (exact) mass is 462 g/mol. The van der Waals surface area contributed by atoms with E-state index in [1.807, 2.05) is 0 Å². The van der Waals surface area contributed by atoms with Crippen molar-refractivity contribution in [3.8, 4) is 22.6 Å². The third-order valence-electron chi connectivity index (χ3n) is 5.10. The van der Waals surface area contributed by atoms with Gasteiger partial charge in [0, 0.05) is 6.07 Å². The summed E-state index contributed by atoms with van der Waals surface area (Å²) >= 11 is 0. The molecule has 0 saturated carbocycles. The second kappa shape index (κ2) is 8.57. The molecule has 0 atom stereocenters. The van der Waals surface area contributed by atoms with Gasteiger partial charge in [0.25, 0.3) is 0 Å².